The Balaban J connectivity index is 2.24. The third-order valence-corrected chi connectivity index (χ3v) is 2.89. The van der Waals surface area contributed by atoms with Crippen molar-refractivity contribution in [2.24, 2.45) is 5.92 Å². The van der Waals surface area contributed by atoms with Gasteiger partial charge in [-0.25, -0.2) is 9.97 Å². The van der Waals surface area contributed by atoms with Crippen LogP contribution in [0, 0.1) is 5.92 Å². The van der Waals surface area contributed by atoms with Gasteiger partial charge in [0, 0.05) is 12.1 Å². The summed E-state index contributed by atoms with van der Waals surface area (Å²) in [6.45, 7) is 2.27. The number of aromatic nitrogens is 2. The molecule has 0 amide bonds. The van der Waals surface area contributed by atoms with E-state index in [0.29, 0.717) is 17.7 Å². The molecule has 0 aliphatic heterocycles. The van der Waals surface area contributed by atoms with Gasteiger partial charge in [-0.1, -0.05) is 13.3 Å². The predicted molar refractivity (Wildman–Crippen MR) is 52.2 cm³/mol. The van der Waals surface area contributed by atoms with E-state index in [0.717, 1.165) is 5.82 Å². The lowest BCUT2D eigenvalue weighted by molar-refractivity contribution is 0.510. The van der Waals surface area contributed by atoms with E-state index < -0.39 is 0 Å². The molecule has 2 rings (SSSR count). The van der Waals surface area contributed by atoms with E-state index in [4.69, 9.17) is 5.73 Å². The molecule has 1 aliphatic carbocycles. The first-order chi connectivity index (χ1) is 6.27. The maximum atomic E-state index is 5.62. The maximum absolute atomic E-state index is 5.62. The number of nitrogen functional groups attached to an aromatic ring is 1. The van der Waals surface area contributed by atoms with Crippen LogP contribution in [0.15, 0.2) is 12.3 Å². The van der Waals surface area contributed by atoms with Crippen molar-refractivity contribution < 1.29 is 0 Å². The lowest BCUT2D eigenvalue weighted by Gasteiger charge is -2.13. The van der Waals surface area contributed by atoms with Crippen LogP contribution in [0.25, 0.3) is 0 Å². The lowest BCUT2D eigenvalue weighted by atomic mass is 9.97. The molecule has 0 saturated heterocycles. The zero-order chi connectivity index (χ0) is 9.26. The van der Waals surface area contributed by atoms with E-state index in [9.17, 15) is 0 Å². The summed E-state index contributed by atoms with van der Waals surface area (Å²) < 4.78 is 0. The Labute approximate surface area is 78.4 Å². The van der Waals surface area contributed by atoms with Gasteiger partial charge in [0.15, 0.2) is 0 Å². The van der Waals surface area contributed by atoms with E-state index in [2.05, 4.69) is 16.9 Å². The topological polar surface area (TPSA) is 51.8 Å². The van der Waals surface area contributed by atoms with Gasteiger partial charge in [-0.05, 0) is 24.8 Å². The van der Waals surface area contributed by atoms with E-state index in [1.807, 2.05) is 0 Å². The summed E-state index contributed by atoms with van der Waals surface area (Å²) in [6, 6.07) is 1.74. The molecule has 2 atom stereocenters. The Kier molecular flexibility index (Phi) is 2.17. The van der Waals surface area contributed by atoms with Crippen molar-refractivity contribution in [1.29, 1.82) is 0 Å². The molecule has 0 aromatic carbocycles. The van der Waals surface area contributed by atoms with Gasteiger partial charge in [-0.15, -0.1) is 0 Å². The zero-order valence-corrected chi connectivity index (χ0v) is 7.90. The highest BCUT2D eigenvalue weighted by Gasteiger charge is 2.26. The minimum Gasteiger partial charge on any atom is -0.384 e. The Bertz CT molecular complexity index is 298. The van der Waals surface area contributed by atoms with Crippen LogP contribution in [0.4, 0.5) is 5.82 Å². The highest BCUT2D eigenvalue weighted by molar-refractivity contribution is 5.26. The fourth-order valence-electron chi connectivity index (χ4n) is 2.10. The molecule has 0 radical (unpaired) electrons. The largest absolute Gasteiger partial charge is 0.384 e. The molecule has 3 nitrogen and oxygen atoms in total. The first-order valence-electron chi connectivity index (χ1n) is 4.86. The van der Waals surface area contributed by atoms with E-state index in [1.165, 1.54) is 19.3 Å². The summed E-state index contributed by atoms with van der Waals surface area (Å²) in [5.74, 6) is 2.76. The highest BCUT2D eigenvalue weighted by Crippen LogP contribution is 2.37. The van der Waals surface area contributed by atoms with Gasteiger partial charge in [-0.2, -0.15) is 0 Å². The molecule has 0 spiro atoms. The monoisotopic (exact) mass is 177 g/mol. The second-order valence-corrected chi connectivity index (χ2v) is 3.85. The number of hydrogen-bond donors (Lipinski definition) is 1. The maximum Gasteiger partial charge on any atom is 0.133 e. The molecule has 1 aromatic rings. The van der Waals surface area contributed by atoms with Crippen LogP contribution in [0.1, 0.15) is 37.9 Å². The van der Waals surface area contributed by atoms with Crippen molar-refractivity contribution >= 4 is 5.82 Å². The summed E-state index contributed by atoms with van der Waals surface area (Å²) in [6.07, 6.45) is 5.56. The van der Waals surface area contributed by atoms with Gasteiger partial charge in [0.25, 0.3) is 0 Å². The molecule has 13 heavy (non-hydrogen) atoms. The minimum atomic E-state index is 0.531. The second-order valence-electron chi connectivity index (χ2n) is 3.85. The Morgan fingerprint density at radius 2 is 2.31 bits per heavy atom. The van der Waals surface area contributed by atoms with Gasteiger partial charge in [0.05, 0.1) is 0 Å². The third kappa shape index (κ3) is 1.64. The molecule has 0 bridgehead atoms. The Hall–Kier alpha value is -1.12. The van der Waals surface area contributed by atoms with Crippen molar-refractivity contribution in [2.45, 2.75) is 32.1 Å². The summed E-state index contributed by atoms with van der Waals surface area (Å²) in [5, 5.41) is 0. The summed E-state index contributed by atoms with van der Waals surface area (Å²) in [5.41, 5.74) is 5.62. The molecule has 70 valence electrons. The van der Waals surface area contributed by atoms with Gasteiger partial charge in [0.1, 0.15) is 11.6 Å². The molecule has 3 heteroatoms. The van der Waals surface area contributed by atoms with Crippen LogP contribution in [0.3, 0.4) is 0 Å². The van der Waals surface area contributed by atoms with Crippen LogP contribution >= 0.6 is 0 Å². The molecule has 2 N–H and O–H groups in total. The van der Waals surface area contributed by atoms with E-state index in [-0.39, 0.29) is 0 Å². The Morgan fingerprint density at radius 3 is 2.92 bits per heavy atom. The second kappa shape index (κ2) is 3.32. The van der Waals surface area contributed by atoms with Gasteiger partial charge >= 0.3 is 0 Å². The van der Waals surface area contributed by atoms with Crippen LogP contribution in [-0.4, -0.2) is 9.97 Å². The summed E-state index contributed by atoms with van der Waals surface area (Å²) >= 11 is 0. The summed E-state index contributed by atoms with van der Waals surface area (Å²) in [4.78, 5) is 8.55. The van der Waals surface area contributed by atoms with Gasteiger partial charge in [0.2, 0.25) is 0 Å². The van der Waals surface area contributed by atoms with E-state index >= 15 is 0 Å². The smallest absolute Gasteiger partial charge is 0.133 e. The van der Waals surface area contributed by atoms with Crippen LogP contribution < -0.4 is 5.73 Å². The fraction of sp³-hybridized carbons (Fsp3) is 0.600. The van der Waals surface area contributed by atoms with E-state index in [1.54, 1.807) is 12.3 Å². The first kappa shape index (κ1) is 8.48. The van der Waals surface area contributed by atoms with Crippen molar-refractivity contribution in [2.75, 3.05) is 5.73 Å². The van der Waals surface area contributed by atoms with Gasteiger partial charge < -0.3 is 5.73 Å². The molecule has 2 unspecified atom stereocenters. The molecular formula is C10H15N3. The SMILES string of the molecule is CC1CCCC1c1nccc(N)n1. The molecule has 1 heterocycles. The lowest BCUT2D eigenvalue weighted by Crippen LogP contribution is -2.08. The third-order valence-electron chi connectivity index (χ3n) is 2.89. The average Bonchev–Trinajstić information content (AvgIpc) is 2.51. The number of nitrogens with zero attached hydrogens (tertiary/aromatic N) is 2. The number of anilines is 1. The number of hydrogen-bond acceptors (Lipinski definition) is 3. The van der Waals surface area contributed by atoms with Crippen molar-refractivity contribution in [1.82, 2.24) is 9.97 Å². The number of rotatable bonds is 1. The summed E-state index contributed by atoms with van der Waals surface area (Å²) in [7, 11) is 0. The molecule has 1 saturated carbocycles. The van der Waals surface area contributed by atoms with Crippen LogP contribution in [0.5, 0.6) is 0 Å². The van der Waals surface area contributed by atoms with Crippen molar-refractivity contribution in [3.63, 3.8) is 0 Å². The average molecular weight is 177 g/mol. The normalized spacial score (nSPS) is 27.8. The van der Waals surface area contributed by atoms with Crippen molar-refractivity contribution in [3.05, 3.63) is 18.1 Å². The Morgan fingerprint density at radius 1 is 1.46 bits per heavy atom. The first-order valence-corrected chi connectivity index (χ1v) is 4.86. The van der Waals surface area contributed by atoms with Gasteiger partial charge in [-0.3, -0.25) is 0 Å². The van der Waals surface area contributed by atoms with Crippen LogP contribution in [-0.2, 0) is 0 Å². The predicted octanol–water partition coefficient (Wildman–Crippen LogP) is 1.96. The molecular weight excluding hydrogens is 162 g/mol. The highest BCUT2D eigenvalue weighted by atomic mass is 14.9. The minimum absolute atomic E-state index is 0.531. The molecule has 1 aliphatic rings. The standard InChI is InChI=1S/C10H15N3/c1-7-3-2-4-8(7)10-12-6-5-9(11)13-10/h5-8H,2-4H2,1H3,(H2,11,12,13). The fourth-order valence-corrected chi connectivity index (χ4v) is 2.10. The van der Waals surface area contributed by atoms with Crippen molar-refractivity contribution in [3.8, 4) is 0 Å². The molecule has 1 fully saturated rings. The molecule has 1 aromatic heterocycles. The zero-order valence-electron chi connectivity index (χ0n) is 7.90. The van der Waals surface area contributed by atoms with Crippen LogP contribution in [0.2, 0.25) is 0 Å². The number of nitrogens with two attached hydrogens (primary N) is 1. The quantitative estimate of drug-likeness (QED) is 0.713.